The fourth-order valence-corrected chi connectivity index (χ4v) is 5.96. The molecule has 1 aliphatic heterocycles. The van der Waals surface area contributed by atoms with Crippen LogP contribution in [0.4, 0.5) is 0 Å². The van der Waals surface area contributed by atoms with Gasteiger partial charge in [-0.05, 0) is 61.2 Å². The summed E-state index contributed by atoms with van der Waals surface area (Å²) in [5, 5.41) is 12.8. The van der Waals surface area contributed by atoms with Gasteiger partial charge in [0.25, 0.3) is 0 Å². The van der Waals surface area contributed by atoms with Crippen LogP contribution in [0.15, 0.2) is 77.9 Å². The molecule has 2 aliphatic rings. The normalized spacial score (nSPS) is 24.9. The lowest BCUT2D eigenvalue weighted by atomic mass is 9.68. The summed E-state index contributed by atoms with van der Waals surface area (Å²) >= 11 is 0. The first-order valence-electron chi connectivity index (χ1n) is 11.3. The van der Waals surface area contributed by atoms with Crippen LogP contribution in [0.2, 0.25) is 0 Å². The van der Waals surface area contributed by atoms with Crippen LogP contribution in [0, 0.1) is 13.8 Å². The molecule has 0 radical (unpaired) electrons. The molecule has 3 atom stereocenters. The lowest BCUT2D eigenvalue weighted by Crippen LogP contribution is -2.50. The Bertz CT molecular complexity index is 1310. The summed E-state index contributed by atoms with van der Waals surface area (Å²) < 4.78 is 17.5. The van der Waals surface area contributed by atoms with Gasteiger partial charge in [-0.25, -0.2) is 4.79 Å². The monoisotopic (exact) mass is 456 g/mol. The molecule has 34 heavy (non-hydrogen) atoms. The van der Waals surface area contributed by atoms with Crippen molar-refractivity contribution in [3.63, 3.8) is 0 Å². The number of methoxy groups -OCH3 is 2. The maximum Gasteiger partial charge on any atom is 0.334 e. The lowest BCUT2D eigenvalue weighted by molar-refractivity contribution is -0.137. The fourth-order valence-electron chi connectivity index (χ4n) is 5.96. The number of aliphatic hydroxyl groups is 1. The van der Waals surface area contributed by atoms with Crippen LogP contribution < -0.4 is 9.47 Å². The third-order valence-corrected chi connectivity index (χ3v) is 7.31. The van der Waals surface area contributed by atoms with Crippen LogP contribution in [0.25, 0.3) is 0 Å². The molecule has 0 aromatic heterocycles. The van der Waals surface area contributed by atoms with E-state index in [2.05, 4.69) is 0 Å². The molecular formula is C29H28O5. The van der Waals surface area contributed by atoms with Gasteiger partial charge in [-0.3, -0.25) is 0 Å². The van der Waals surface area contributed by atoms with E-state index in [1.807, 2.05) is 87.5 Å². The van der Waals surface area contributed by atoms with Crippen molar-refractivity contribution in [2.45, 2.75) is 37.9 Å². The zero-order chi connectivity index (χ0) is 24.3. The largest absolute Gasteiger partial charge is 0.497 e. The average molecular weight is 457 g/mol. The minimum atomic E-state index is -1.58. The van der Waals surface area contributed by atoms with Crippen LogP contribution >= 0.6 is 0 Å². The number of fused-ring (bicyclic) bond motifs is 3. The minimum Gasteiger partial charge on any atom is -0.497 e. The van der Waals surface area contributed by atoms with Crippen molar-refractivity contribution in [3.8, 4) is 11.5 Å². The summed E-state index contributed by atoms with van der Waals surface area (Å²) in [7, 11) is 2.98. The molecule has 0 bridgehead atoms. The van der Waals surface area contributed by atoms with Crippen molar-refractivity contribution in [3.05, 3.63) is 106 Å². The molecule has 3 aromatic carbocycles. The van der Waals surface area contributed by atoms with E-state index in [1.165, 1.54) is 7.11 Å². The number of hydrogen-bond donors (Lipinski definition) is 1. The van der Waals surface area contributed by atoms with Crippen LogP contribution in [-0.4, -0.2) is 25.3 Å². The number of rotatable bonds is 4. The second kappa shape index (κ2) is 7.74. The third-order valence-electron chi connectivity index (χ3n) is 7.31. The summed E-state index contributed by atoms with van der Waals surface area (Å²) in [6.45, 7) is 5.79. The molecule has 0 saturated heterocycles. The summed E-state index contributed by atoms with van der Waals surface area (Å²) in [5.74, 6) is 0.238. The third kappa shape index (κ3) is 2.74. The van der Waals surface area contributed by atoms with Crippen molar-refractivity contribution in [1.82, 2.24) is 0 Å². The van der Waals surface area contributed by atoms with Gasteiger partial charge in [-0.1, -0.05) is 48.5 Å². The maximum absolute atomic E-state index is 13.2. The molecule has 5 rings (SSSR count). The molecular weight excluding hydrogens is 428 g/mol. The second-order valence-corrected chi connectivity index (χ2v) is 9.11. The van der Waals surface area contributed by atoms with Crippen molar-refractivity contribution < 1.29 is 24.1 Å². The Hall–Kier alpha value is -3.57. The highest BCUT2D eigenvalue weighted by Crippen LogP contribution is 2.69. The standard InChI is InChI=1S/C29H28O5/c1-17-15-18(2)25-23(16-17)34-29(21-11-13-22(32-4)14-12-21)26(20-9-7-6-8-10-20)24(27(30)33-5)19(3)28(25,29)31/h6-16,26,31H,1-5H3/t26-,28-,29+/m1/s1. The maximum atomic E-state index is 13.2. The van der Waals surface area contributed by atoms with Gasteiger partial charge in [-0.2, -0.15) is 0 Å². The van der Waals surface area contributed by atoms with E-state index in [4.69, 9.17) is 14.2 Å². The molecule has 1 N–H and O–H groups in total. The van der Waals surface area contributed by atoms with Crippen molar-refractivity contribution >= 4 is 5.97 Å². The molecule has 0 unspecified atom stereocenters. The highest BCUT2D eigenvalue weighted by atomic mass is 16.5. The quantitative estimate of drug-likeness (QED) is 0.555. The number of hydrogen-bond acceptors (Lipinski definition) is 5. The number of carbonyl (C=O) groups is 1. The Kier molecular flexibility index (Phi) is 5.06. The number of esters is 1. The second-order valence-electron chi connectivity index (χ2n) is 9.11. The van der Waals surface area contributed by atoms with Crippen LogP contribution in [0.1, 0.15) is 40.7 Å². The molecule has 0 fully saturated rings. The van der Waals surface area contributed by atoms with Gasteiger partial charge in [0.2, 0.25) is 0 Å². The van der Waals surface area contributed by atoms with Gasteiger partial charge >= 0.3 is 5.97 Å². The SMILES string of the molecule is COC(=O)C1=C(C)[C@@]2(O)c3c(C)cc(C)cc3O[C@@]2(c2ccc(OC)cc2)[C@@H]1c1ccccc1. The number of carbonyl (C=O) groups excluding carboxylic acids is 1. The first-order chi connectivity index (χ1) is 16.3. The van der Waals surface area contributed by atoms with E-state index in [0.717, 1.165) is 22.3 Å². The zero-order valence-corrected chi connectivity index (χ0v) is 20.0. The Labute approximate surface area is 199 Å². The fraction of sp³-hybridized carbons (Fsp3) is 0.276. The van der Waals surface area contributed by atoms with Gasteiger partial charge in [0.1, 0.15) is 11.5 Å². The van der Waals surface area contributed by atoms with Gasteiger partial charge in [-0.15, -0.1) is 0 Å². The summed E-state index contributed by atoms with van der Waals surface area (Å²) in [4.78, 5) is 13.2. The number of ether oxygens (including phenoxy) is 3. The lowest BCUT2D eigenvalue weighted by Gasteiger charge is -2.41. The predicted molar refractivity (Wildman–Crippen MR) is 129 cm³/mol. The summed E-state index contributed by atoms with van der Waals surface area (Å²) in [6, 6.07) is 21.2. The van der Waals surface area contributed by atoms with Crippen LogP contribution in [-0.2, 0) is 20.7 Å². The van der Waals surface area contributed by atoms with E-state index in [1.54, 1.807) is 7.11 Å². The topological polar surface area (TPSA) is 65.0 Å². The first kappa shape index (κ1) is 22.2. The Balaban J connectivity index is 1.91. The van der Waals surface area contributed by atoms with Gasteiger partial charge < -0.3 is 19.3 Å². The highest BCUT2D eigenvalue weighted by Gasteiger charge is 2.72. The Morgan fingerprint density at radius 2 is 1.65 bits per heavy atom. The van der Waals surface area contributed by atoms with Crippen molar-refractivity contribution in [2.24, 2.45) is 0 Å². The molecule has 0 spiro atoms. The summed E-state index contributed by atoms with van der Waals surface area (Å²) in [5.41, 5.74) is 2.29. The highest BCUT2D eigenvalue weighted by molar-refractivity contribution is 5.94. The number of aryl methyl sites for hydroxylation is 2. The first-order valence-corrected chi connectivity index (χ1v) is 11.3. The average Bonchev–Trinajstić information content (AvgIpc) is 3.22. The van der Waals surface area contributed by atoms with E-state index in [-0.39, 0.29) is 0 Å². The van der Waals surface area contributed by atoms with Crippen LogP contribution in [0.5, 0.6) is 11.5 Å². The Morgan fingerprint density at radius 3 is 2.26 bits per heavy atom. The molecule has 5 nitrogen and oxygen atoms in total. The molecule has 0 saturated carbocycles. The van der Waals surface area contributed by atoms with E-state index in [0.29, 0.717) is 28.2 Å². The van der Waals surface area contributed by atoms with E-state index < -0.39 is 23.1 Å². The van der Waals surface area contributed by atoms with Gasteiger partial charge in [0.15, 0.2) is 11.2 Å². The molecule has 3 aromatic rings. The number of benzene rings is 3. The van der Waals surface area contributed by atoms with E-state index >= 15 is 0 Å². The molecule has 0 amide bonds. The molecule has 5 heteroatoms. The minimum absolute atomic E-state index is 0.414. The van der Waals surface area contributed by atoms with E-state index in [9.17, 15) is 9.90 Å². The van der Waals surface area contributed by atoms with Crippen molar-refractivity contribution in [2.75, 3.05) is 14.2 Å². The summed E-state index contributed by atoms with van der Waals surface area (Å²) in [6.07, 6.45) is 0. The van der Waals surface area contributed by atoms with Crippen molar-refractivity contribution in [1.29, 1.82) is 0 Å². The smallest absolute Gasteiger partial charge is 0.334 e. The Morgan fingerprint density at radius 1 is 0.971 bits per heavy atom. The van der Waals surface area contributed by atoms with Gasteiger partial charge in [0.05, 0.1) is 25.7 Å². The molecule has 174 valence electrons. The predicted octanol–water partition coefficient (Wildman–Crippen LogP) is 5.07. The zero-order valence-electron chi connectivity index (χ0n) is 20.0. The van der Waals surface area contributed by atoms with Gasteiger partial charge in [0, 0.05) is 11.1 Å². The molecule has 1 aliphatic carbocycles. The molecule has 1 heterocycles. The van der Waals surface area contributed by atoms with Crippen LogP contribution in [0.3, 0.4) is 0 Å².